The van der Waals surface area contributed by atoms with Crippen molar-refractivity contribution in [2.24, 2.45) is 4.99 Å². The van der Waals surface area contributed by atoms with E-state index in [1.807, 2.05) is 18.2 Å². The summed E-state index contributed by atoms with van der Waals surface area (Å²) >= 11 is 0. The van der Waals surface area contributed by atoms with Crippen molar-refractivity contribution in [1.29, 1.82) is 0 Å². The van der Waals surface area contributed by atoms with E-state index < -0.39 is 10.0 Å². The molecule has 0 bridgehead atoms. The molecule has 0 aromatic heterocycles. The smallest absolute Gasteiger partial charge is 0.263 e. The highest BCUT2D eigenvalue weighted by atomic mass is 32.2. The van der Waals surface area contributed by atoms with Gasteiger partial charge in [-0.25, -0.2) is 8.42 Å². The van der Waals surface area contributed by atoms with E-state index >= 15 is 0 Å². The Labute approximate surface area is 164 Å². The topological polar surface area (TPSA) is 96.9 Å². The van der Waals surface area contributed by atoms with Crippen molar-refractivity contribution in [1.82, 2.24) is 4.72 Å². The van der Waals surface area contributed by atoms with Gasteiger partial charge in [-0.1, -0.05) is 37.6 Å². The normalized spacial score (nSPS) is 15.7. The highest BCUT2D eigenvalue weighted by molar-refractivity contribution is 7.90. The maximum Gasteiger partial charge on any atom is 0.263 e. The van der Waals surface area contributed by atoms with E-state index in [2.05, 4.69) is 22.0 Å². The summed E-state index contributed by atoms with van der Waals surface area (Å²) in [6, 6.07) is 13.9. The fourth-order valence-electron chi connectivity index (χ4n) is 2.76. The number of benzene rings is 2. The summed E-state index contributed by atoms with van der Waals surface area (Å²) in [7, 11) is -3.57. The summed E-state index contributed by atoms with van der Waals surface area (Å²) < 4.78 is 32.3. The molecule has 0 fully saturated rings. The average molecular weight is 401 g/mol. The molecule has 0 unspecified atom stereocenters. The summed E-state index contributed by atoms with van der Waals surface area (Å²) in [6.07, 6.45) is 2.09. The molecule has 7 nitrogen and oxygen atoms in total. The van der Waals surface area contributed by atoms with Crippen LogP contribution in [-0.2, 0) is 14.8 Å². The van der Waals surface area contributed by atoms with Crippen LogP contribution in [0.15, 0.2) is 58.4 Å². The van der Waals surface area contributed by atoms with Gasteiger partial charge < -0.3 is 10.1 Å². The Bertz CT molecular complexity index is 986. The Morgan fingerprint density at radius 2 is 1.89 bits per heavy atom. The number of sulfonamides is 1. The van der Waals surface area contributed by atoms with Crippen LogP contribution in [-0.4, -0.2) is 33.3 Å². The molecule has 1 aliphatic heterocycles. The minimum absolute atomic E-state index is 0.122. The minimum Gasteiger partial charge on any atom is -0.491 e. The molecule has 3 rings (SSSR count). The van der Waals surface area contributed by atoms with Crippen LogP contribution >= 0.6 is 0 Å². The van der Waals surface area contributed by atoms with Crippen molar-refractivity contribution in [3.63, 3.8) is 0 Å². The number of fused-ring (bicyclic) bond motifs is 1. The van der Waals surface area contributed by atoms with Gasteiger partial charge >= 0.3 is 0 Å². The van der Waals surface area contributed by atoms with Gasteiger partial charge in [-0.15, -0.1) is 0 Å². The first-order valence-electron chi connectivity index (χ1n) is 9.19. The summed E-state index contributed by atoms with van der Waals surface area (Å²) in [5, 5.41) is 2.83. The van der Waals surface area contributed by atoms with E-state index in [9.17, 15) is 13.2 Å². The lowest BCUT2D eigenvalue weighted by Crippen LogP contribution is -2.23. The van der Waals surface area contributed by atoms with E-state index in [-0.39, 0.29) is 29.6 Å². The van der Waals surface area contributed by atoms with Crippen molar-refractivity contribution in [2.75, 3.05) is 18.5 Å². The molecule has 1 heterocycles. The zero-order valence-corrected chi connectivity index (χ0v) is 16.5. The zero-order valence-electron chi connectivity index (χ0n) is 15.6. The lowest BCUT2D eigenvalue weighted by atomic mass is 10.2. The Hall–Kier alpha value is -2.87. The molecular weight excluding hydrogens is 378 g/mol. The quantitative estimate of drug-likeness (QED) is 0.665. The molecule has 28 heavy (non-hydrogen) atoms. The lowest BCUT2D eigenvalue weighted by Gasteiger charge is -2.12. The second-order valence-electron chi connectivity index (χ2n) is 6.33. The first-order valence-corrected chi connectivity index (χ1v) is 10.7. The van der Waals surface area contributed by atoms with Crippen molar-refractivity contribution in [3.05, 3.63) is 54.1 Å². The number of unbranched alkanes of at least 4 members (excludes halogenated alkanes) is 1. The third-order valence-corrected chi connectivity index (χ3v) is 5.59. The second kappa shape index (κ2) is 8.88. The Morgan fingerprint density at radius 1 is 1.14 bits per heavy atom. The van der Waals surface area contributed by atoms with Crippen LogP contribution < -0.4 is 14.8 Å². The fourth-order valence-corrected chi connectivity index (χ4v) is 4.01. The molecule has 0 radical (unpaired) electrons. The van der Waals surface area contributed by atoms with Crippen LogP contribution in [0.4, 0.5) is 5.69 Å². The van der Waals surface area contributed by atoms with Gasteiger partial charge in [-0.05, 0) is 30.7 Å². The maximum absolute atomic E-state index is 12.3. The van der Waals surface area contributed by atoms with Crippen LogP contribution in [0.2, 0.25) is 0 Å². The van der Waals surface area contributed by atoms with Crippen LogP contribution in [0.3, 0.4) is 0 Å². The second-order valence-corrected chi connectivity index (χ2v) is 7.98. The van der Waals surface area contributed by atoms with Gasteiger partial charge in [0.15, 0.2) is 0 Å². The number of rotatable bonds is 8. The van der Waals surface area contributed by atoms with Gasteiger partial charge in [0.1, 0.15) is 11.6 Å². The molecule has 0 saturated heterocycles. The van der Waals surface area contributed by atoms with E-state index in [1.165, 1.54) is 6.07 Å². The summed E-state index contributed by atoms with van der Waals surface area (Å²) in [5.41, 5.74) is 1.14. The lowest BCUT2D eigenvalue weighted by molar-refractivity contribution is -0.116. The van der Waals surface area contributed by atoms with Gasteiger partial charge in [-0.3, -0.25) is 14.5 Å². The van der Waals surface area contributed by atoms with Crippen molar-refractivity contribution in [2.45, 2.75) is 31.1 Å². The predicted molar refractivity (Wildman–Crippen MR) is 108 cm³/mol. The third kappa shape index (κ3) is 4.69. The van der Waals surface area contributed by atoms with Crippen molar-refractivity contribution in [3.8, 4) is 5.75 Å². The Balaban J connectivity index is 1.60. The molecule has 2 N–H and O–H groups in total. The minimum atomic E-state index is -3.57. The Morgan fingerprint density at radius 3 is 2.71 bits per heavy atom. The highest BCUT2D eigenvalue weighted by Gasteiger charge is 2.29. The van der Waals surface area contributed by atoms with Crippen LogP contribution in [0.5, 0.6) is 5.75 Å². The number of ether oxygens (including phenoxy) is 1. The van der Waals surface area contributed by atoms with Gasteiger partial charge in [0, 0.05) is 12.0 Å². The number of hydrogen-bond donors (Lipinski definition) is 2. The molecule has 148 valence electrons. The molecular formula is C20H23N3O4S. The summed E-state index contributed by atoms with van der Waals surface area (Å²) in [6.45, 7) is 2.84. The number of nitrogens with one attached hydrogen (secondary N) is 2. The number of carbonyl (C=O) groups excluding carboxylic acids is 1. The van der Waals surface area contributed by atoms with Crippen LogP contribution in [0.1, 0.15) is 31.7 Å². The van der Waals surface area contributed by atoms with Crippen molar-refractivity contribution >= 4 is 27.5 Å². The standard InChI is InChI=1S/C20H23N3O4S/c1-2-3-14-27-17-10-6-5-9-16(17)22-19(24)12-13-21-20-15-8-4-7-11-18(15)28(25,26)23-20/h4-11H,2-3,12-14H2,1H3,(H,21,23)(H,22,24). The van der Waals surface area contributed by atoms with Crippen LogP contribution in [0, 0.1) is 0 Å². The SMILES string of the molecule is CCCCOc1ccccc1NC(=O)CCN=C1NS(=O)(=O)c2ccccc21. The highest BCUT2D eigenvalue weighted by Crippen LogP contribution is 2.24. The number of hydrogen-bond acceptors (Lipinski definition) is 5. The third-order valence-electron chi connectivity index (χ3n) is 4.19. The van der Waals surface area contributed by atoms with Gasteiger partial charge in [0.25, 0.3) is 10.0 Å². The molecule has 0 atom stereocenters. The molecule has 1 aliphatic rings. The number of amides is 1. The maximum atomic E-state index is 12.3. The largest absolute Gasteiger partial charge is 0.491 e. The molecule has 0 aliphatic carbocycles. The first kappa shape index (κ1) is 19.9. The molecule has 0 saturated carbocycles. The van der Waals surface area contributed by atoms with Gasteiger partial charge in [-0.2, -0.15) is 0 Å². The molecule has 2 aromatic carbocycles. The van der Waals surface area contributed by atoms with Crippen LogP contribution in [0.25, 0.3) is 0 Å². The van der Waals surface area contributed by atoms with Gasteiger partial charge in [0.05, 0.1) is 23.7 Å². The molecule has 2 aromatic rings. The molecule has 0 spiro atoms. The number of anilines is 1. The average Bonchev–Trinajstić information content (AvgIpc) is 2.94. The zero-order chi connectivity index (χ0) is 20.0. The van der Waals surface area contributed by atoms with E-state index in [0.29, 0.717) is 23.6 Å². The van der Waals surface area contributed by atoms with E-state index in [1.54, 1.807) is 24.3 Å². The fraction of sp³-hybridized carbons (Fsp3) is 0.300. The van der Waals surface area contributed by atoms with E-state index in [4.69, 9.17) is 4.74 Å². The first-order chi connectivity index (χ1) is 13.5. The van der Waals surface area contributed by atoms with E-state index in [0.717, 1.165) is 12.8 Å². The van der Waals surface area contributed by atoms with Crippen molar-refractivity contribution < 1.29 is 17.9 Å². The molecule has 8 heteroatoms. The summed E-state index contributed by atoms with van der Waals surface area (Å²) in [4.78, 5) is 16.7. The number of amidine groups is 1. The summed E-state index contributed by atoms with van der Waals surface area (Å²) in [5.74, 6) is 0.685. The van der Waals surface area contributed by atoms with Gasteiger partial charge in [0.2, 0.25) is 5.91 Å². The Kier molecular flexibility index (Phi) is 6.30. The predicted octanol–water partition coefficient (Wildman–Crippen LogP) is 2.93. The number of nitrogens with zero attached hydrogens (tertiary/aromatic N) is 1. The number of para-hydroxylation sites is 2. The molecule has 1 amide bonds. The number of aliphatic imine (C=N–C) groups is 1. The monoisotopic (exact) mass is 401 g/mol. The number of carbonyl (C=O) groups is 1.